The standard InChI is InChI=1S/C18H32N6O/c1-3-17-22-21-14-24(17)11-8-19-18(20-13-16-5-4-12-25-16)23-9-6-15(2)7-10-23/h14-16H,3-13H2,1-2H3,(H,19,20). The molecule has 25 heavy (non-hydrogen) atoms. The molecule has 140 valence electrons. The van der Waals surface area contributed by atoms with Gasteiger partial charge >= 0.3 is 0 Å². The van der Waals surface area contributed by atoms with Crippen LogP contribution in [0.15, 0.2) is 11.3 Å². The van der Waals surface area contributed by atoms with Crippen molar-refractivity contribution in [3.05, 3.63) is 12.2 Å². The van der Waals surface area contributed by atoms with Gasteiger partial charge < -0.3 is 19.5 Å². The van der Waals surface area contributed by atoms with Crippen LogP contribution in [0.1, 0.15) is 45.4 Å². The molecule has 1 aromatic rings. The first-order valence-electron chi connectivity index (χ1n) is 9.77. The van der Waals surface area contributed by atoms with Gasteiger partial charge in [-0.15, -0.1) is 10.2 Å². The molecule has 0 spiro atoms. The molecule has 2 saturated heterocycles. The van der Waals surface area contributed by atoms with Crippen molar-refractivity contribution < 1.29 is 4.74 Å². The van der Waals surface area contributed by atoms with Crippen molar-refractivity contribution in [3.8, 4) is 0 Å². The van der Waals surface area contributed by atoms with E-state index >= 15 is 0 Å². The molecule has 7 nitrogen and oxygen atoms in total. The van der Waals surface area contributed by atoms with Crippen molar-refractivity contribution in [1.82, 2.24) is 25.0 Å². The Morgan fingerprint density at radius 1 is 1.36 bits per heavy atom. The SMILES string of the molecule is CCc1nncn1CCNC(=NCC1CCCO1)N1CCC(C)CC1. The molecule has 0 amide bonds. The molecule has 7 heteroatoms. The lowest BCUT2D eigenvalue weighted by molar-refractivity contribution is 0.117. The Labute approximate surface area is 150 Å². The molecule has 1 unspecified atom stereocenters. The molecule has 3 rings (SSSR count). The molecular weight excluding hydrogens is 316 g/mol. The molecule has 0 aliphatic carbocycles. The van der Waals surface area contributed by atoms with Gasteiger partial charge in [-0.25, -0.2) is 0 Å². The number of aryl methyl sites for hydroxylation is 1. The number of nitrogens with zero attached hydrogens (tertiary/aromatic N) is 5. The zero-order chi connectivity index (χ0) is 17.5. The maximum Gasteiger partial charge on any atom is 0.194 e. The van der Waals surface area contributed by atoms with E-state index in [4.69, 9.17) is 9.73 Å². The van der Waals surface area contributed by atoms with Crippen LogP contribution in [0.5, 0.6) is 0 Å². The lowest BCUT2D eigenvalue weighted by atomic mass is 10.00. The molecule has 1 N–H and O–H groups in total. The third-order valence-electron chi connectivity index (χ3n) is 5.20. The number of aromatic nitrogens is 3. The summed E-state index contributed by atoms with van der Waals surface area (Å²) in [6, 6.07) is 0. The third kappa shape index (κ3) is 5.17. The molecule has 3 heterocycles. The summed E-state index contributed by atoms with van der Waals surface area (Å²) in [5.74, 6) is 2.89. The minimum atomic E-state index is 0.296. The Morgan fingerprint density at radius 2 is 2.20 bits per heavy atom. The predicted octanol–water partition coefficient (Wildman–Crippen LogP) is 1.70. The Hall–Kier alpha value is -1.63. The summed E-state index contributed by atoms with van der Waals surface area (Å²) in [7, 11) is 0. The van der Waals surface area contributed by atoms with Crippen LogP contribution in [-0.2, 0) is 17.7 Å². The van der Waals surface area contributed by atoms with E-state index < -0.39 is 0 Å². The molecule has 0 aromatic carbocycles. The summed E-state index contributed by atoms with van der Waals surface area (Å²) in [4.78, 5) is 7.29. The largest absolute Gasteiger partial charge is 0.376 e. The second-order valence-electron chi connectivity index (χ2n) is 7.19. The van der Waals surface area contributed by atoms with Crippen molar-refractivity contribution in [2.45, 2.75) is 58.6 Å². The number of ether oxygens (including phenoxy) is 1. The summed E-state index contributed by atoms with van der Waals surface area (Å²) in [6.07, 6.45) is 7.80. The first-order chi connectivity index (χ1) is 12.3. The van der Waals surface area contributed by atoms with E-state index in [-0.39, 0.29) is 0 Å². The lowest BCUT2D eigenvalue weighted by Gasteiger charge is -2.33. The van der Waals surface area contributed by atoms with E-state index in [0.29, 0.717) is 6.10 Å². The fourth-order valence-corrected chi connectivity index (χ4v) is 3.49. The van der Waals surface area contributed by atoms with E-state index in [1.54, 1.807) is 0 Å². The highest BCUT2D eigenvalue weighted by molar-refractivity contribution is 5.80. The molecule has 1 aromatic heterocycles. The highest BCUT2D eigenvalue weighted by Gasteiger charge is 2.20. The summed E-state index contributed by atoms with van der Waals surface area (Å²) in [5, 5.41) is 11.7. The van der Waals surface area contributed by atoms with Crippen LogP contribution in [0, 0.1) is 5.92 Å². The molecule has 1 atom stereocenters. The quantitative estimate of drug-likeness (QED) is 0.626. The summed E-state index contributed by atoms with van der Waals surface area (Å²) in [5.41, 5.74) is 0. The summed E-state index contributed by atoms with van der Waals surface area (Å²) < 4.78 is 7.84. The van der Waals surface area contributed by atoms with Crippen molar-refractivity contribution in [2.75, 3.05) is 32.8 Å². The van der Waals surface area contributed by atoms with Gasteiger partial charge in [0.05, 0.1) is 12.6 Å². The van der Waals surface area contributed by atoms with Crippen LogP contribution < -0.4 is 5.32 Å². The average molecular weight is 348 g/mol. The second-order valence-corrected chi connectivity index (χ2v) is 7.19. The smallest absolute Gasteiger partial charge is 0.194 e. The Bertz CT molecular complexity index is 544. The maximum atomic E-state index is 5.73. The lowest BCUT2D eigenvalue weighted by Crippen LogP contribution is -2.46. The van der Waals surface area contributed by atoms with Crippen LogP contribution in [0.3, 0.4) is 0 Å². The highest BCUT2D eigenvalue weighted by atomic mass is 16.5. The molecule has 0 radical (unpaired) electrons. The van der Waals surface area contributed by atoms with Crippen LogP contribution in [-0.4, -0.2) is 64.5 Å². The zero-order valence-corrected chi connectivity index (χ0v) is 15.7. The van der Waals surface area contributed by atoms with Gasteiger partial charge in [-0.1, -0.05) is 13.8 Å². The first-order valence-corrected chi connectivity index (χ1v) is 9.77. The molecule has 0 saturated carbocycles. The first kappa shape index (κ1) is 18.2. The molecule has 2 aliphatic heterocycles. The zero-order valence-electron chi connectivity index (χ0n) is 15.7. The van der Waals surface area contributed by atoms with E-state index in [1.165, 1.54) is 12.8 Å². The predicted molar refractivity (Wildman–Crippen MR) is 98.6 cm³/mol. The Kier molecular flexibility index (Phi) is 6.67. The van der Waals surface area contributed by atoms with E-state index in [9.17, 15) is 0 Å². The van der Waals surface area contributed by atoms with Crippen molar-refractivity contribution >= 4 is 5.96 Å². The van der Waals surface area contributed by atoms with E-state index in [1.807, 2.05) is 6.33 Å². The topological polar surface area (TPSA) is 67.6 Å². The van der Waals surface area contributed by atoms with Crippen LogP contribution in [0.25, 0.3) is 0 Å². The number of piperidine rings is 1. The third-order valence-corrected chi connectivity index (χ3v) is 5.20. The number of hydrogen-bond acceptors (Lipinski definition) is 4. The minimum absolute atomic E-state index is 0.296. The van der Waals surface area contributed by atoms with Gasteiger partial charge in [-0.2, -0.15) is 0 Å². The molecule has 0 bridgehead atoms. The Balaban J connectivity index is 1.56. The van der Waals surface area contributed by atoms with Gasteiger partial charge in [0.1, 0.15) is 12.2 Å². The van der Waals surface area contributed by atoms with E-state index in [2.05, 4.69) is 38.8 Å². The average Bonchev–Trinajstić information content (AvgIpc) is 3.30. The van der Waals surface area contributed by atoms with Gasteiger partial charge in [0.25, 0.3) is 0 Å². The number of nitrogens with one attached hydrogen (secondary N) is 1. The normalized spacial score (nSPS) is 22.6. The fourth-order valence-electron chi connectivity index (χ4n) is 3.49. The van der Waals surface area contributed by atoms with Crippen molar-refractivity contribution in [3.63, 3.8) is 0 Å². The number of rotatable bonds is 6. The van der Waals surface area contributed by atoms with Crippen molar-refractivity contribution in [1.29, 1.82) is 0 Å². The minimum Gasteiger partial charge on any atom is -0.376 e. The monoisotopic (exact) mass is 348 g/mol. The van der Waals surface area contributed by atoms with E-state index in [0.717, 1.165) is 76.3 Å². The molecule has 2 aliphatic rings. The Morgan fingerprint density at radius 3 is 2.92 bits per heavy atom. The second kappa shape index (κ2) is 9.17. The van der Waals surface area contributed by atoms with Gasteiger partial charge in [0, 0.05) is 39.2 Å². The van der Waals surface area contributed by atoms with Gasteiger partial charge in [-0.3, -0.25) is 4.99 Å². The number of guanidine groups is 1. The summed E-state index contributed by atoms with van der Waals surface area (Å²) in [6.45, 7) is 9.97. The van der Waals surface area contributed by atoms with Crippen LogP contribution >= 0.6 is 0 Å². The van der Waals surface area contributed by atoms with Gasteiger partial charge in [0.15, 0.2) is 5.96 Å². The van der Waals surface area contributed by atoms with Crippen LogP contribution in [0.4, 0.5) is 0 Å². The molecular formula is C18H32N6O. The number of aliphatic imine (C=N–C) groups is 1. The van der Waals surface area contributed by atoms with Gasteiger partial charge in [0.2, 0.25) is 0 Å². The fraction of sp³-hybridized carbons (Fsp3) is 0.833. The van der Waals surface area contributed by atoms with Crippen LogP contribution in [0.2, 0.25) is 0 Å². The maximum absolute atomic E-state index is 5.73. The number of hydrogen-bond donors (Lipinski definition) is 1. The van der Waals surface area contributed by atoms with Crippen molar-refractivity contribution in [2.24, 2.45) is 10.9 Å². The highest BCUT2D eigenvalue weighted by Crippen LogP contribution is 2.17. The summed E-state index contributed by atoms with van der Waals surface area (Å²) >= 11 is 0. The van der Waals surface area contributed by atoms with Gasteiger partial charge in [-0.05, 0) is 31.6 Å². The number of likely N-dealkylation sites (tertiary alicyclic amines) is 1. The molecule has 2 fully saturated rings.